The number of hydrogen-bond acceptors (Lipinski definition) is 8. The highest BCUT2D eigenvalue weighted by Gasteiger charge is 2.18. The van der Waals surface area contributed by atoms with Crippen molar-refractivity contribution >= 4 is 23.0 Å². The fraction of sp³-hybridized carbons (Fsp3) is 0.345. The first-order chi connectivity index (χ1) is 19.0. The minimum atomic E-state index is -0.621. The van der Waals surface area contributed by atoms with Crippen molar-refractivity contribution in [2.75, 3.05) is 7.11 Å². The largest absolute Gasteiger partial charge is 0.469 e. The molecule has 2 aromatic heterocycles. The second-order valence-corrected chi connectivity index (χ2v) is 10.2. The van der Waals surface area contributed by atoms with Gasteiger partial charge in [-0.15, -0.1) is 0 Å². The monoisotopic (exact) mass is 550 g/mol. The molecule has 4 aromatic rings. The smallest absolute Gasteiger partial charge is 0.408 e. The Kier molecular flexibility index (Phi) is 8.61. The lowest BCUT2D eigenvalue weighted by Crippen LogP contribution is -2.32. The number of aromatic nitrogens is 3. The molecule has 0 unspecified atom stereocenters. The number of alkyl carbamates (subject to hydrolysis) is 1. The second-order valence-electron chi connectivity index (χ2n) is 10.2. The number of hydrogen-bond donors (Lipinski definition) is 1. The molecule has 0 radical (unpaired) electrons. The van der Waals surface area contributed by atoms with Crippen molar-refractivity contribution in [1.82, 2.24) is 20.0 Å². The molecule has 11 heteroatoms. The van der Waals surface area contributed by atoms with Crippen LogP contribution < -0.4 is 10.9 Å². The fourth-order valence-electron chi connectivity index (χ4n) is 4.08. The molecule has 0 aliphatic heterocycles. The van der Waals surface area contributed by atoms with E-state index in [1.54, 1.807) is 45.0 Å². The highest BCUT2D eigenvalue weighted by molar-refractivity contribution is 5.83. The highest BCUT2D eigenvalue weighted by atomic mass is 19.1. The summed E-state index contributed by atoms with van der Waals surface area (Å²) in [5, 5.41) is 7.09. The number of carbonyl (C=O) groups is 2. The molecule has 0 aliphatic carbocycles. The molecule has 0 fully saturated rings. The van der Waals surface area contributed by atoms with Crippen LogP contribution in [0.4, 0.5) is 9.18 Å². The maximum Gasteiger partial charge on any atom is 0.408 e. The van der Waals surface area contributed by atoms with Gasteiger partial charge in [0.25, 0.3) is 5.56 Å². The lowest BCUT2D eigenvalue weighted by atomic mass is 10.1. The SMILES string of the molecule is COC(=O)CCCCc1nc2cc(-c3cc(CNC(=O)OC(C)(C)C)on3)ccc2c(=O)n1-c1ccc(F)cc1. The number of aryl methyl sites for hydroxylation is 1. The fourth-order valence-corrected chi connectivity index (χ4v) is 4.08. The van der Waals surface area contributed by atoms with Crippen molar-refractivity contribution < 1.29 is 28.0 Å². The molecule has 1 N–H and O–H groups in total. The topological polar surface area (TPSA) is 126 Å². The Morgan fingerprint density at radius 1 is 1.07 bits per heavy atom. The summed E-state index contributed by atoms with van der Waals surface area (Å²) in [6.07, 6.45) is 1.24. The summed E-state index contributed by atoms with van der Waals surface area (Å²) in [4.78, 5) is 41.8. The minimum absolute atomic E-state index is 0.0891. The number of nitrogens with one attached hydrogen (secondary N) is 1. The van der Waals surface area contributed by atoms with E-state index in [0.717, 1.165) is 0 Å². The van der Waals surface area contributed by atoms with Gasteiger partial charge in [-0.05, 0) is 70.0 Å². The first-order valence-corrected chi connectivity index (χ1v) is 12.9. The van der Waals surface area contributed by atoms with E-state index in [4.69, 9.17) is 19.0 Å². The van der Waals surface area contributed by atoms with Crippen LogP contribution in [0, 0.1) is 5.82 Å². The van der Waals surface area contributed by atoms with E-state index in [1.807, 2.05) is 0 Å². The number of carbonyl (C=O) groups excluding carboxylic acids is 2. The summed E-state index contributed by atoms with van der Waals surface area (Å²) >= 11 is 0. The molecule has 0 bridgehead atoms. The number of benzene rings is 2. The van der Waals surface area contributed by atoms with Gasteiger partial charge in [-0.1, -0.05) is 11.2 Å². The third kappa shape index (κ3) is 7.10. The van der Waals surface area contributed by atoms with E-state index in [0.29, 0.717) is 58.7 Å². The van der Waals surface area contributed by atoms with Crippen molar-refractivity contribution in [3.8, 4) is 16.9 Å². The number of unbranched alkanes of at least 4 members (excludes halogenated alkanes) is 1. The maximum atomic E-state index is 13.6. The van der Waals surface area contributed by atoms with Crippen LogP contribution >= 0.6 is 0 Å². The molecule has 40 heavy (non-hydrogen) atoms. The quantitative estimate of drug-likeness (QED) is 0.226. The van der Waals surface area contributed by atoms with Crippen molar-refractivity contribution in [3.63, 3.8) is 0 Å². The Labute approximate surface area is 230 Å². The summed E-state index contributed by atoms with van der Waals surface area (Å²) in [5.41, 5.74) is 1.21. The Morgan fingerprint density at radius 3 is 2.52 bits per heavy atom. The van der Waals surface area contributed by atoms with Gasteiger partial charge in [0, 0.05) is 24.5 Å². The number of nitrogens with zero attached hydrogens (tertiary/aromatic N) is 3. The number of esters is 1. The van der Waals surface area contributed by atoms with Gasteiger partial charge in [-0.2, -0.15) is 0 Å². The lowest BCUT2D eigenvalue weighted by molar-refractivity contribution is -0.140. The standard InChI is InChI=1S/C29H31FN4O6/c1-29(2,3)39-28(37)31-17-21-16-23(33-40-21)18-9-14-22-24(15-18)32-25(7-5-6-8-26(35)38-4)34(27(22)36)20-12-10-19(30)11-13-20/h9-16H,5-8,17H2,1-4H3,(H,31,37). The first-order valence-electron chi connectivity index (χ1n) is 12.9. The molecule has 2 heterocycles. The van der Waals surface area contributed by atoms with E-state index in [9.17, 15) is 18.8 Å². The summed E-state index contributed by atoms with van der Waals surface area (Å²) in [6.45, 7) is 5.41. The zero-order chi connectivity index (χ0) is 28.9. The predicted molar refractivity (Wildman–Crippen MR) is 145 cm³/mol. The highest BCUT2D eigenvalue weighted by Crippen LogP contribution is 2.24. The van der Waals surface area contributed by atoms with Crippen molar-refractivity contribution in [2.24, 2.45) is 0 Å². The van der Waals surface area contributed by atoms with Gasteiger partial charge >= 0.3 is 12.1 Å². The average molecular weight is 551 g/mol. The van der Waals surface area contributed by atoms with Crippen molar-refractivity contribution in [2.45, 2.75) is 58.6 Å². The zero-order valence-corrected chi connectivity index (χ0v) is 22.8. The number of amides is 1. The van der Waals surface area contributed by atoms with Crippen molar-refractivity contribution in [3.05, 3.63) is 76.3 Å². The van der Waals surface area contributed by atoms with Crippen LogP contribution in [0.25, 0.3) is 27.8 Å². The normalized spacial score (nSPS) is 11.4. The molecule has 0 aliphatic rings. The molecule has 10 nitrogen and oxygen atoms in total. The van der Waals surface area contributed by atoms with Gasteiger partial charge in [-0.25, -0.2) is 14.2 Å². The Bertz CT molecular complexity index is 1570. The van der Waals surface area contributed by atoms with Gasteiger partial charge in [0.2, 0.25) is 0 Å². The van der Waals surface area contributed by atoms with E-state index in [-0.39, 0.29) is 24.5 Å². The molecule has 1 amide bonds. The number of rotatable bonds is 9. The first kappa shape index (κ1) is 28.5. The van der Waals surface area contributed by atoms with Gasteiger partial charge in [0.05, 0.1) is 30.2 Å². The number of halogens is 1. The molecule has 0 atom stereocenters. The zero-order valence-electron chi connectivity index (χ0n) is 22.8. The Morgan fingerprint density at radius 2 is 1.82 bits per heavy atom. The van der Waals surface area contributed by atoms with Crippen LogP contribution in [-0.4, -0.2) is 39.5 Å². The van der Waals surface area contributed by atoms with Crippen LogP contribution in [0.2, 0.25) is 0 Å². The predicted octanol–water partition coefficient (Wildman–Crippen LogP) is 5.09. The van der Waals surface area contributed by atoms with Crippen LogP contribution in [0.3, 0.4) is 0 Å². The van der Waals surface area contributed by atoms with Crippen LogP contribution in [0.5, 0.6) is 0 Å². The molecule has 0 saturated carbocycles. The molecule has 0 saturated heterocycles. The van der Waals surface area contributed by atoms with Crippen LogP contribution in [0.15, 0.2) is 57.8 Å². The third-order valence-electron chi connectivity index (χ3n) is 5.94. The lowest BCUT2D eigenvalue weighted by Gasteiger charge is -2.19. The Hall–Kier alpha value is -4.54. The summed E-state index contributed by atoms with van der Waals surface area (Å²) in [7, 11) is 1.34. The summed E-state index contributed by atoms with van der Waals surface area (Å²) in [6, 6.07) is 12.5. The van der Waals surface area contributed by atoms with Crippen LogP contribution in [-0.2, 0) is 27.2 Å². The molecule has 4 rings (SSSR count). The van der Waals surface area contributed by atoms with E-state index in [2.05, 4.69) is 10.5 Å². The van der Waals surface area contributed by atoms with Gasteiger partial charge in [0.1, 0.15) is 22.9 Å². The molecular weight excluding hydrogens is 519 g/mol. The summed E-state index contributed by atoms with van der Waals surface area (Å²) in [5.74, 6) is 0.184. The maximum absolute atomic E-state index is 13.6. The third-order valence-corrected chi connectivity index (χ3v) is 5.94. The number of methoxy groups -OCH3 is 1. The number of ether oxygens (including phenoxy) is 2. The van der Waals surface area contributed by atoms with Crippen molar-refractivity contribution in [1.29, 1.82) is 0 Å². The minimum Gasteiger partial charge on any atom is -0.469 e. The summed E-state index contributed by atoms with van der Waals surface area (Å²) < 4.78 is 30.3. The van der Waals surface area contributed by atoms with E-state index in [1.165, 1.54) is 35.9 Å². The Balaban J connectivity index is 1.62. The second kappa shape index (κ2) is 12.1. The van der Waals surface area contributed by atoms with Gasteiger partial charge < -0.3 is 19.3 Å². The van der Waals surface area contributed by atoms with Crippen LogP contribution in [0.1, 0.15) is 51.6 Å². The van der Waals surface area contributed by atoms with E-state index >= 15 is 0 Å². The van der Waals surface area contributed by atoms with Gasteiger partial charge in [-0.3, -0.25) is 14.2 Å². The van der Waals surface area contributed by atoms with Gasteiger partial charge in [0.15, 0.2) is 5.76 Å². The number of fused-ring (bicyclic) bond motifs is 1. The molecular formula is C29H31FN4O6. The molecule has 2 aromatic carbocycles. The molecule has 210 valence electrons. The molecule has 0 spiro atoms. The van der Waals surface area contributed by atoms with E-state index < -0.39 is 17.5 Å². The average Bonchev–Trinajstić information content (AvgIpc) is 3.38.